The van der Waals surface area contributed by atoms with Crippen molar-refractivity contribution in [2.45, 2.75) is 45.3 Å². The molecule has 3 heteroatoms. The van der Waals surface area contributed by atoms with Crippen LogP contribution in [0.25, 0.3) is 10.9 Å². The molecular formula is C17H24N2O. The Morgan fingerprint density at radius 1 is 1.25 bits per heavy atom. The molecule has 2 aromatic rings. The van der Waals surface area contributed by atoms with Crippen LogP contribution in [0.5, 0.6) is 0 Å². The van der Waals surface area contributed by atoms with Crippen molar-refractivity contribution in [1.82, 2.24) is 10.3 Å². The van der Waals surface area contributed by atoms with Crippen LogP contribution < -0.4 is 5.32 Å². The topological polar surface area (TPSA) is 45.1 Å². The number of hydrogen-bond acceptors (Lipinski definition) is 3. The summed E-state index contributed by atoms with van der Waals surface area (Å²) in [5.74, 6) is 0. The lowest BCUT2D eigenvalue weighted by atomic mass is 9.91. The van der Waals surface area contributed by atoms with E-state index in [0.717, 1.165) is 29.4 Å². The summed E-state index contributed by atoms with van der Waals surface area (Å²) < 4.78 is 0. The third-order valence-corrected chi connectivity index (χ3v) is 3.53. The standard InChI is InChI=1S/C17H24N2O/c1-13(2)18-11-9-17(3,20)12-14-8-10-19-16-7-5-4-6-15(14)16/h4-8,10,13,18,20H,9,11-12H2,1-3H3. The lowest BCUT2D eigenvalue weighted by molar-refractivity contribution is 0.0514. The van der Waals surface area contributed by atoms with Crippen LogP contribution in [0.3, 0.4) is 0 Å². The molecule has 0 aliphatic heterocycles. The first-order valence-electron chi connectivity index (χ1n) is 7.26. The number of nitrogens with zero attached hydrogens (tertiary/aromatic N) is 1. The van der Waals surface area contributed by atoms with E-state index in [9.17, 15) is 5.11 Å². The van der Waals surface area contributed by atoms with Crippen LogP contribution in [0.1, 0.15) is 32.8 Å². The van der Waals surface area contributed by atoms with Crippen molar-refractivity contribution in [3.05, 3.63) is 42.1 Å². The summed E-state index contributed by atoms with van der Waals surface area (Å²) in [6.45, 7) is 6.97. The van der Waals surface area contributed by atoms with E-state index in [-0.39, 0.29) is 0 Å². The average molecular weight is 272 g/mol. The number of nitrogens with one attached hydrogen (secondary N) is 1. The Morgan fingerprint density at radius 2 is 2.00 bits per heavy atom. The van der Waals surface area contributed by atoms with E-state index in [4.69, 9.17) is 0 Å². The zero-order valence-electron chi connectivity index (χ0n) is 12.6. The van der Waals surface area contributed by atoms with Gasteiger partial charge in [-0.05, 0) is 37.6 Å². The van der Waals surface area contributed by atoms with E-state index in [2.05, 4.69) is 30.2 Å². The molecule has 0 fully saturated rings. The summed E-state index contributed by atoms with van der Waals surface area (Å²) in [5, 5.41) is 15.1. The fraction of sp³-hybridized carbons (Fsp3) is 0.471. The van der Waals surface area contributed by atoms with Crippen molar-refractivity contribution in [2.75, 3.05) is 6.54 Å². The molecule has 0 saturated heterocycles. The molecule has 1 aromatic heterocycles. The minimum Gasteiger partial charge on any atom is -0.390 e. The second kappa shape index (κ2) is 6.33. The summed E-state index contributed by atoms with van der Waals surface area (Å²) >= 11 is 0. The van der Waals surface area contributed by atoms with Gasteiger partial charge in [0.2, 0.25) is 0 Å². The van der Waals surface area contributed by atoms with Crippen molar-refractivity contribution < 1.29 is 5.11 Å². The normalized spacial score (nSPS) is 14.7. The van der Waals surface area contributed by atoms with Crippen molar-refractivity contribution in [3.8, 4) is 0 Å². The summed E-state index contributed by atoms with van der Waals surface area (Å²) in [4.78, 5) is 4.36. The number of aromatic nitrogens is 1. The Bertz CT molecular complexity index is 558. The Morgan fingerprint density at radius 3 is 2.75 bits per heavy atom. The van der Waals surface area contributed by atoms with Crippen LogP contribution in [0, 0.1) is 0 Å². The number of aliphatic hydroxyl groups is 1. The largest absolute Gasteiger partial charge is 0.390 e. The van der Waals surface area contributed by atoms with Gasteiger partial charge in [0.15, 0.2) is 0 Å². The van der Waals surface area contributed by atoms with E-state index in [1.165, 1.54) is 0 Å². The molecule has 0 radical (unpaired) electrons. The first-order valence-corrected chi connectivity index (χ1v) is 7.26. The van der Waals surface area contributed by atoms with Crippen molar-refractivity contribution >= 4 is 10.9 Å². The summed E-state index contributed by atoms with van der Waals surface area (Å²) in [6.07, 6.45) is 3.21. The van der Waals surface area contributed by atoms with Gasteiger partial charge in [-0.25, -0.2) is 0 Å². The first kappa shape index (κ1) is 14.9. The monoisotopic (exact) mass is 272 g/mol. The number of para-hydroxylation sites is 1. The summed E-state index contributed by atoms with van der Waals surface area (Å²) in [5.41, 5.74) is 1.44. The van der Waals surface area contributed by atoms with Gasteiger partial charge in [-0.2, -0.15) is 0 Å². The van der Waals surface area contributed by atoms with E-state index >= 15 is 0 Å². The maximum Gasteiger partial charge on any atom is 0.0704 e. The fourth-order valence-corrected chi connectivity index (χ4v) is 2.44. The van der Waals surface area contributed by atoms with E-state index < -0.39 is 5.60 Å². The molecule has 108 valence electrons. The van der Waals surface area contributed by atoms with E-state index in [0.29, 0.717) is 12.5 Å². The van der Waals surface area contributed by atoms with Gasteiger partial charge in [0, 0.05) is 24.0 Å². The number of fused-ring (bicyclic) bond motifs is 1. The van der Waals surface area contributed by atoms with Crippen molar-refractivity contribution in [2.24, 2.45) is 0 Å². The lowest BCUT2D eigenvalue weighted by Crippen LogP contribution is -2.34. The van der Waals surface area contributed by atoms with Gasteiger partial charge in [-0.3, -0.25) is 4.98 Å². The highest BCUT2D eigenvalue weighted by molar-refractivity contribution is 5.81. The van der Waals surface area contributed by atoms with Gasteiger partial charge in [0.05, 0.1) is 11.1 Å². The van der Waals surface area contributed by atoms with Gasteiger partial charge >= 0.3 is 0 Å². The Kier molecular flexibility index (Phi) is 4.73. The Balaban J connectivity index is 2.10. The molecule has 3 nitrogen and oxygen atoms in total. The summed E-state index contributed by atoms with van der Waals surface area (Å²) in [6, 6.07) is 10.5. The number of pyridine rings is 1. The van der Waals surface area contributed by atoms with Crippen LogP contribution in [-0.2, 0) is 6.42 Å². The fourth-order valence-electron chi connectivity index (χ4n) is 2.44. The molecule has 1 unspecified atom stereocenters. The molecule has 1 atom stereocenters. The third kappa shape index (κ3) is 4.02. The lowest BCUT2D eigenvalue weighted by Gasteiger charge is -2.24. The molecule has 0 bridgehead atoms. The van der Waals surface area contributed by atoms with Crippen LogP contribution in [-0.4, -0.2) is 28.3 Å². The minimum atomic E-state index is -0.702. The number of benzene rings is 1. The van der Waals surface area contributed by atoms with Crippen molar-refractivity contribution in [1.29, 1.82) is 0 Å². The number of hydrogen-bond donors (Lipinski definition) is 2. The second-order valence-electron chi connectivity index (χ2n) is 6.02. The molecule has 0 aliphatic carbocycles. The van der Waals surface area contributed by atoms with E-state index in [1.54, 1.807) is 0 Å². The third-order valence-electron chi connectivity index (χ3n) is 3.53. The maximum absolute atomic E-state index is 10.6. The molecular weight excluding hydrogens is 248 g/mol. The highest BCUT2D eigenvalue weighted by atomic mass is 16.3. The quantitative estimate of drug-likeness (QED) is 0.850. The average Bonchev–Trinajstić information content (AvgIpc) is 2.38. The highest BCUT2D eigenvalue weighted by Crippen LogP contribution is 2.22. The van der Waals surface area contributed by atoms with Gasteiger partial charge in [0.1, 0.15) is 0 Å². The van der Waals surface area contributed by atoms with Gasteiger partial charge < -0.3 is 10.4 Å². The SMILES string of the molecule is CC(C)NCCC(C)(O)Cc1ccnc2ccccc12. The maximum atomic E-state index is 10.6. The molecule has 1 heterocycles. The second-order valence-corrected chi connectivity index (χ2v) is 6.02. The van der Waals surface area contributed by atoms with Gasteiger partial charge in [-0.15, -0.1) is 0 Å². The zero-order chi connectivity index (χ0) is 14.6. The first-order chi connectivity index (χ1) is 9.48. The molecule has 0 aliphatic rings. The number of rotatable bonds is 6. The molecule has 1 aromatic carbocycles. The van der Waals surface area contributed by atoms with Crippen LogP contribution in [0.15, 0.2) is 36.5 Å². The van der Waals surface area contributed by atoms with Crippen molar-refractivity contribution in [3.63, 3.8) is 0 Å². The van der Waals surface area contributed by atoms with Crippen LogP contribution in [0.4, 0.5) is 0 Å². The molecule has 2 N–H and O–H groups in total. The molecule has 0 spiro atoms. The van der Waals surface area contributed by atoms with Crippen LogP contribution >= 0.6 is 0 Å². The predicted molar refractivity (Wildman–Crippen MR) is 83.8 cm³/mol. The van der Waals surface area contributed by atoms with Crippen LogP contribution in [0.2, 0.25) is 0 Å². The minimum absolute atomic E-state index is 0.451. The molecule has 0 saturated carbocycles. The Hall–Kier alpha value is -1.45. The van der Waals surface area contributed by atoms with Gasteiger partial charge in [-0.1, -0.05) is 32.0 Å². The summed E-state index contributed by atoms with van der Waals surface area (Å²) in [7, 11) is 0. The Labute approximate surface area is 121 Å². The smallest absolute Gasteiger partial charge is 0.0704 e. The molecule has 2 rings (SSSR count). The zero-order valence-corrected chi connectivity index (χ0v) is 12.6. The molecule has 20 heavy (non-hydrogen) atoms. The van der Waals surface area contributed by atoms with Gasteiger partial charge in [0.25, 0.3) is 0 Å². The van der Waals surface area contributed by atoms with E-state index in [1.807, 2.05) is 37.4 Å². The predicted octanol–water partition coefficient (Wildman–Crippen LogP) is 2.92. The highest BCUT2D eigenvalue weighted by Gasteiger charge is 2.21. The molecule has 0 amide bonds.